The second-order valence-electron chi connectivity index (χ2n) is 9.64. The highest BCUT2D eigenvalue weighted by atomic mass is 35.5. The van der Waals surface area contributed by atoms with Crippen molar-refractivity contribution in [1.29, 1.82) is 0 Å². The lowest BCUT2D eigenvalue weighted by Crippen LogP contribution is -2.36. The van der Waals surface area contributed by atoms with Gasteiger partial charge in [-0.2, -0.15) is 0 Å². The molecule has 0 atom stereocenters. The molecule has 1 heterocycles. The molecule has 1 aliphatic carbocycles. The molecule has 1 fully saturated rings. The Morgan fingerprint density at radius 2 is 1.76 bits per heavy atom. The third-order valence-corrected chi connectivity index (χ3v) is 8.13. The van der Waals surface area contributed by atoms with Crippen LogP contribution in [0.4, 0.5) is 0 Å². The minimum atomic E-state index is -3.86. The predicted octanol–water partition coefficient (Wildman–Crippen LogP) is 6.71. The van der Waals surface area contributed by atoms with Crippen LogP contribution >= 0.6 is 23.2 Å². The van der Waals surface area contributed by atoms with E-state index in [9.17, 15) is 13.2 Å². The van der Waals surface area contributed by atoms with Gasteiger partial charge in [-0.05, 0) is 57.9 Å². The lowest BCUT2D eigenvalue weighted by molar-refractivity contribution is 0.00728. The minimum absolute atomic E-state index is 0.0304. The van der Waals surface area contributed by atoms with Gasteiger partial charge < -0.3 is 9.72 Å². The SMILES string of the molecule is CC(C)(C)OC(=O)c1c(-c2ccc(Cl)c(S(=O)(=O)NC3CCCCC3)c2)[nH]c2cccc(Cl)c12. The van der Waals surface area contributed by atoms with Crippen molar-refractivity contribution in [1.82, 2.24) is 9.71 Å². The summed E-state index contributed by atoms with van der Waals surface area (Å²) < 4.78 is 34.9. The summed E-state index contributed by atoms with van der Waals surface area (Å²) in [6.07, 6.45) is 4.72. The Bertz CT molecular complexity index is 1340. The van der Waals surface area contributed by atoms with E-state index in [0.29, 0.717) is 27.2 Å². The van der Waals surface area contributed by atoms with Crippen LogP contribution in [0.3, 0.4) is 0 Å². The monoisotopic (exact) mass is 522 g/mol. The maximum Gasteiger partial charge on any atom is 0.341 e. The van der Waals surface area contributed by atoms with Crippen LogP contribution in [0, 0.1) is 0 Å². The number of carbonyl (C=O) groups is 1. The number of rotatable bonds is 5. The first-order chi connectivity index (χ1) is 16.0. The Morgan fingerprint density at radius 1 is 1.06 bits per heavy atom. The maximum absolute atomic E-state index is 13.2. The van der Waals surface area contributed by atoms with Crippen LogP contribution < -0.4 is 4.72 Å². The van der Waals surface area contributed by atoms with Gasteiger partial charge in [0.25, 0.3) is 0 Å². The molecule has 4 rings (SSSR count). The topological polar surface area (TPSA) is 88.3 Å². The van der Waals surface area contributed by atoms with E-state index in [0.717, 1.165) is 32.1 Å². The molecule has 6 nitrogen and oxygen atoms in total. The van der Waals surface area contributed by atoms with Gasteiger partial charge in [-0.15, -0.1) is 0 Å². The summed E-state index contributed by atoms with van der Waals surface area (Å²) in [6, 6.07) is 9.85. The zero-order valence-corrected chi connectivity index (χ0v) is 21.7. The number of ether oxygens (including phenoxy) is 1. The minimum Gasteiger partial charge on any atom is -0.456 e. The fraction of sp³-hybridized carbons (Fsp3) is 0.400. The van der Waals surface area contributed by atoms with Crippen molar-refractivity contribution in [2.24, 2.45) is 0 Å². The van der Waals surface area contributed by atoms with E-state index in [4.69, 9.17) is 27.9 Å². The quantitative estimate of drug-likeness (QED) is 0.364. The lowest BCUT2D eigenvalue weighted by atomic mass is 9.96. The molecular formula is C25H28Cl2N2O4S. The smallest absolute Gasteiger partial charge is 0.341 e. The first kappa shape index (κ1) is 25.0. The van der Waals surface area contributed by atoms with Gasteiger partial charge >= 0.3 is 5.97 Å². The highest BCUT2D eigenvalue weighted by Gasteiger charge is 2.29. The van der Waals surface area contributed by atoms with Crippen molar-refractivity contribution in [3.63, 3.8) is 0 Å². The molecule has 0 spiro atoms. The molecule has 0 bridgehead atoms. The summed E-state index contributed by atoms with van der Waals surface area (Å²) >= 11 is 12.8. The molecule has 34 heavy (non-hydrogen) atoms. The maximum atomic E-state index is 13.2. The lowest BCUT2D eigenvalue weighted by Gasteiger charge is -2.23. The van der Waals surface area contributed by atoms with Crippen molar-refractivity contribution in [3.05, 3.63) is 52.0 Å². The number of benzene rings is 2. The zero-order valence-electron chi connectivity index (χ0n) is 19.4. The van der Waals surface area contributed by atoms with Crippen LogP contribution in [0.2, 0.25) is 10.0 Å². The van der Waals surface area contributed by atoms with Crippen LogP contribution in [0.1, 0.15) is 63.2 Å². The number of aromatic amines is 1. The van der Waals surface area contributed by atoms with Crippen LogP contribution in [-0.4, -0.2) is 31.0 Å². The van der Waals surface area contributed by atoms with Crippen molar-refractivity contribution in [3.8, 4) is 11.3 Å². The predicted molar refractivity (Wildman–Crippen MR) is 136 cm³/mol. The number of nitrogens with one attached hydrogen (secondary N) is 2. The molecule has 182 valence electrons. The summed E-state index contributed by atoms with van der Waals surface area (Å²) in [5, 5.41) is 1.02. The number of carbonyl (C=O) groups excluding carboxylic acids is 1. The highest BCUT2D eigenvalue weighted by molar-refractivity contribution is 7.89. The normalized spacial score (nSPS) is 15.6. The molecule has 2 aromatic carbocycles. The molecule has 0 amide bonds. The van der Waals surface area contributed by atoms with Crippen molar-refractivity contribution >= 4 is 50.1 Å². The van der Waals surface area contributed by atoms with E-state index in [1.54, 1.807) is 45.0 Å². The van der Waals surface area contributed by atoms with Gasteiger partial charge in [0.15, 0.2) is 0 Å². The summed E-state index contributed by atoms with van der Waals surface area (Å²) in [7, 11) is -3.86. The molecule has 1 aliphatic rings. The summed E-state index contributed by atoms with van der Waals surface area (Å²) in [6.45, 7) is 5.35. The molecule has 1 aromatic heterocycles. The van der Waals surface area contributed by atoms with Crippen molar-refractivity contribution in [2.45, 2.75) is 69.4 Å². The molecule has 0 radical (unpaired) electrons. The Labute approximate surface area is 210 Å². The molecule has 0 aliphatic heterocycles. The number of aromatic nitrogens is 1. The molecule has 0 unspecified atom stereocenters. The first-order valence-electron chi connectivity index (χ1n) is 11.3. The Balaban J connectivity index is 1.83. The zero-order chi connectivity index (χ0) is 24.7. The molecular weight excluding hydrogens is 495 g/mol. The molecule has 2 N–H and O–H groups in total. The molecule has 1 saturated carbocycles. The second-order valence-corrected chi connectivity index (χ2v) is 12.1. The number of sulfonamides is 1. The fourth-order valence-electron chi connectivity index (χ4n) is 4.32. The standard InChI is InChI=1S/C25H28Cl2N2O4S/c1-25(2,3)33-24(30)22-21-18(27)10-7-11-19(21)28-23(22)15-12-13-17(26)20(14-15)34(31,32)29-16-8-5-4-6-9-16/h7,10-14,16,28-29H,4-6,8-9H2,1-3H3. The van der Waals surface area contributed by atoms with Gasteiger partial charge in [0.2, 0.25) is 10.0 Å². The Morgan fingerprint density at radius 3 is 2.44 bits per heavy atom. The summed E-state index contributed by atoms with van der Waals surface area (Å²) in [5.74, 6) is -0.554. The summed E-state index contributed by atoms with van der Waals surface area (Å²) in [5.41, 5.74) is 1.08. The van der Waals surface area contributed by atoms with Gasteiger partial charge in [-0.25, -0.2) is 17.9 Å². The van der Waals surface area contributed by atoms with E-state index >= 15 is 0 Å². The number of esters is 1. The second kappa shape index (κ2) is 9.53. The molecule has 0 saturated heterocycles. The largest absolute Gasteiger partial charge is 0.456 e. The van der Waals surface area contributed by atoms with E-state index in [1.807, 2.05) is 0 Å². The Kier molecular flexibility index (Phi) is 7.02. The van der Waals surface area contributed by atoms with Gasteiger partial charge in [0, 0.05) is 22.5 Å². The third-order valence-electron chi connectivity index (χ3n) is 5.81. The number of halogens is 2. The van der Waals surface area contributed by atoms with Crippen LogP contribution in [-0.2, 0) is 14.8 Å². The van der Waals surface area contributed by atoms with Crippen LogP contribution in [0.25, 0.3) is 22.2 Å². The van der Waals surface area contributed by atoms with E-state index in [-0.39, 0.29) is 21.5 Å². The average molecular weight is 523 g/mol. The Hall–Kier alpha value is -2.06. The third kappa shape index (κ3) is 5.28. The van der Waals surface area contributed by atoms with E-state index < -0.39 is 21.6 Å². The molecule has 9 heteroatoms. The highest BCUT2D eigenvalue weighted by Crippen LogP contribution is 2.37. The average Bonchev–Trinajstić information content (AvgIpc) is 3.14. The van der Waals surface area contributed by atoms with Crippen molar-refractivity contribution < 1.29 is 17.9 Å². The van der Waals surface area contributed by atoms with Gasteiger partial charge in [-0.1, -0.05) is 54.6 Å². The van der Waals surface area contributed by atoms with Gasteiger partial charge in [0.1, 0.15) is 10.5 Å². The van der Waals surface area contributed by atoms with E-state index in [2.05, 4.69) is 9.71 Å². The van der Waals surface area contributed by atoms with Crippen molar-refractivity contribution in [2.75, 3.05) is 0 Å². The summed E-state index contributed by atoms with van der Waals surface area (Å²) in [4.78, 5) is 16.4. The number of fused-ring (bicyclic) bond motifs is 1. The van der Waals surface area contributed by atoms with Crippen LogP contribution in [0.15, 0.2) is 41.3 Å². The van der Waals surface area contributed by atoms with Crippen LogP contribution in [0.5, 0.6) is 0 Å². The number of H-pyrrole nitrogens is 1. The van der Waals surface area contributed by atoms with E-state index in [1.165, 1.54) is 12.1 Å². The number of hydrogen-bond acceptors (Lipinski definition) is 4. The molecule has 3 aromatic rings. The van der Waals surface area contributed by atoms with Gasteiger partial charge in [0.05, 0.1) is 21.3 Å². The number of hydrogen-bond donors (Lipinski definition) is 2. The fourth-order valence-corrected chi connectivity index (χ4v) is 6.42. The first-order valence-corrected chi connectivity index (χ1v) is 13.6. The van der Waals surface area contributed by atoms with Gasteiger partial charge in [-0.3, -0.25) is 0 Å².